The molecule has 0 aromatic rings. The summed E-state index contributed by atoms with van der Waals surface area (Å²) in [6, 6.07) is -0.402. The molecule has 1 saturated heterocycles. The standard InChI is InChI=1S/C14H26N2O5/c1-9(2)4-11(13(18)19)5-15-14(20)16-6-12(7-17)21-8-10(16)3/h9-12,17H,4-8H2,1-3H3,(H,15,20)(H,18,19). The van der Waals surface area contributed by atoms with Crippen LogP contribution >= 0.6 is 0 Å². The maximum absolute atomic E-state index is 12.2. The van der Waals surface area contributed by atoms with Gasteiger partial charge in [-0.1, -0.05) is 13.8 Å². The number of rotatable bonds is 6. The number of carboxylic acids is 1. The van der Waals surface area contributed by atoms with Gasteiger partial charge in [-0.2, -0.15) is 0 Å². The van der Waals surface area contributed by atoms with Crippen LogP contribution in [0, 0.1) is 11.8 Å². The smallest absolute Gasteiger partial charge is 0.317 e. The van der Waals surface area contributed by atoms with Gasteiger partial charge in [0.15, 0.2) is 0 Å². The number of urea groups is 1. The Morgan fingerprint density at radius 2 is 2.10 bits per heavy atom. The number of nitrogens with one attached hydrogen (secondary N) is 1. The second-order valence-corrected chi connectivity index (χ2v) is 5.99. The largest absolute Gasteiger partial charge is 0.481 e. The third-order valence-corrected chi connectivity index (χ3v) is 3.57. The van der Waals surface area contributed by atoms with Crippen LogP contribution in [0.25, 0.3) is 0 Å². The summed E-state index contributed by atoms with van der Waals surface area (Å²) in [6.07, 6.45) is 0.144. The fourth-order valence-corrected chi connectivity index (χ4v) is 2.36. The molecule has 0 aromatic carbocycles. The van der Waals surface area contributed by atoms with Crippen molar-refractivity contribution in [3.63, 3.8) is 0 Å². The summed E-state index contributed by atoms with van der Waals surface area (Å²) in [4.78, 5) is 24.9. The van der Waals surface area contributed by atoms with Crippen LogP contribution in [0.2, 0.25) is 0 Å². The highest BCUT2D eigenvalue weighted by Crippen LogP contribution is 2.13. The molecule has 3 unspecified atom stereocenters. The number of hydrogen-bond donors (Lipinski definition) is 3. The van der Waals surface area contributed by atoms with Crippen LogP contribution in [-0.4, -0.2) is 65.6 Å². The number of ether oxygens (including phenoxy) is 1. The summed E-state index contributed by atoms with van der Waals surface area (Å²) in [5.41, 5.74) is 0. The summed E-state index contributed by atoms with van der Waals surface area (Å²) < 4.78 is 5.37. The van der Waals surface area contributed by atoms with E-state index < -0.39 is 11.9 Å². The van der Waals surface area contributed by atoms with E-state index in [1.54, 1.807) is 4.90 Å². The molecule has 1 aliphatic heterocycles. The lowest BCUT2D eigenvalue weighted by Gasteiger charge is -2.37. The SMILES string of the molecule is CC(C)CC(CNC(=O)N1CC(CO)OCC1C)C(=O)O. The molecule has 0 saturated carbocycles. The summed E-state index contributed by atoms with van der Waals surface area (Å²) in [5, 5.41) is 20.9. The molecule has 0 aliphatic carbocycles. The average Bonchev–Trinajstić information content (AvgIpc) is 2.43. The van der Waals surface area contributed by atoms with E-state index in [-0.39, 0.29) is 37.2 Å². The third kappa shape index (κ3) is 5.51. The molecule has 2 amide bonds. The summed E-state index contributed by atoms with van der Waals surface area (Å²) >= 11 is 0. The Bertz CT molecular complexity index is 361. The Balaban J connectivity index is 2.52. The van der Waals surface area contributed by atoms with Crippen LogP contribution in [0.5, 0.6) is 0 Å². The number of nitrogens with zero attached hydrogens (tertiary/aromatic N) is 1. The normalized spacial score (nSPS) is 24.0. The minimum absolute atomic E-state index is 0.0961. The zero-order valence-electron chi connectivity index (χ0n) is 12.9. The van der Waals surface area contributed by atoms with E-state index in [0.717, 1.165) is 0 Å². The Morgan fingerprint density at radius 1 is 1.43 bits per heavy atom. The first-order chi connectivity index (χ1) is 9.85. The molecular formula is C14H26N2O5. The van der Waals surface area contributed by atoms with Crippen molar-refractivity contribution in [2.24, 2.45) is 11.8 Å². The minimum Gasteiger partial charge on any atom is -0.481 e. The maximum Gasteiger partial charge on any atom is 0.317 e. The number of hydrogen-bond acceptors (Lipinski definition) is 4. The number of aliphatic hydroxyl groups is 1. The molecule has 3 N–H and O–H groups in total. The molecule has 1 heterocycles. The van der Waals surface area contributed by atoms with Gasteiger partial charge in [-0.05, 0) is 19.3 Å². The second kappa shape index (κ2) is 8.19. The molecule has 1 aliphatic rings. The fourth-order valence-electron chi connectivity index (χ4n) is 2.36. The van der Waals surface area contributed by atoms with Crippen LogP contribution in [0.1, 0.15) is 27.2 Å². The molecule has 1 fully saturated rings. The van der Waals surface area contributed by atoms with Gasteiger partial charge in [0.25, 0.3) is 0 Å². The number of aliphatic carboxylic acids is 1. The molecule has 3 atom stereocenters. The Labute approximate surface area is 125 Å². The van der Waals surface area contributed by atoms with Gasteiger partial charge in [-0.15, -0.1) is 0 Å². The van der Waals surface area contributed by atoms with Crippen molar-refractivity contribution >= 4 is 12.0 Å². The van der Waals surface area contributed by atoms with Gasteiger partial charge in [-0.3, -0.25) is 4.79 Å². The first-order valence-electron chi connectivity index (χ1n) is 7.34. The lowest BCUT2D eigenvalue weighted by atomic mass is 9.97. The Kier molecular flexibility index (Phi) is 6.91. The molecule has 0 radical (unpaired) electrons. The zero-order chi connectivity index (χ0) is 16.0. The number of carbonyl (C=O) groups excluding carboxylic acids is 1. The lowest BCUT2D eigenvalue weighted by molar-refractivity contribution is -0.142. The lowest BCUT2D eigenvalue weighted by Crippen LogP contribution is -2.55. The summed E-state index contributed by atoms with van der Waals surface area (Å²) in [5.74, 6) is -1.23. The third-order valence-electron chi connectivity index (χ3n) is 3.57. The van der Waals surface area contributed by atoms with E-state index in [2.05, 4.69) is 5.32 Å². The number of morpholine rings is 1. The zero-order valence-corrected chi connectivity index (χ0v) is 12.9. The van der Waals surface area contributed by atoms with Crippen molar-refractivity contribution in [1.29, 1.82) is 0 Å². The molecule has 7 nitrogen and oxygen atoms in total. The number of carboxylic acid groups (broad SMARTS) is 1. The van der Waals surface area contributed by atoms with Crippen molar-refractivity contribution in [2.45, 2.75) is 39.3 Å². The first kappa shape index (κ1) is 17.7. The Morgan fingerprint density at radius 3 is 2.62 bits per heavy atom. The van der Waals surface area contributed by atoms with Crippen LogP contribution in [-0.2, 0) is 9.53 Å². The molecule has 0 bridgehead atoms. The number of carbonyl (C=O) groups is 2. The Hall–Kier alpha value is -1.34. The highest BCUT2D eigenvalue weighted by molar-refractivity contribution is 5.76. The van der Waals surface area contributed by atoms with E-state index in [0.29, 0.717) is 19.6 Å². The summed E-state index contributed by atoms with van der Waals surface area (Å²) in [7, 11) is 0. The van der Waals surface area contributed by atoms with Gasteiger partial charge in [-0.25, -0.2) is 4.79 Å². The molecule has 21 heavy (non-hydrogen) atoms. The van der Waals surface area contributed by atoms with E-state index in [4.69, 9.17) is 14.9 Å². The van der Waals surface area contributed by atoms with E-state index in [9.17, 15) is 9.59 Å². The number of amides is 2. The van der Waals surface area contributed by atoms with Crippen molar-refractivity contribution in [2.75, 3.05) is 26.3 Å². The molecular weight excluding hydrogens is 276 g/mol. The van der Waals surface area contributed by atoms with Crippen molar-refractivity contribution in [3.05, 3.63) is 0 Å². The van der Waals surface area contributed by atoms with Gasteiger partial charge in [0, 0.05) is 6.54 Å². The fraction of sp³-hybridized carbons (Fsp3) is 0.857. The predicted octanol–water partition coefficient (Wildman–Crippen LogP) is 0.525. The topological polar surface area (TPSA) is 99.1 Å². The van der Waals surface area contributed by atoms with Crippen LogP contribution in [0.4, 0.5) is 4.79 Å². The van der Waals surface area contributed by atoms with Gasteiger partial charge in [0.2, 0.25) is 0 Å². The molecule has 122 valence electrons. The van der Waals surface area contributed by atoms with Crippen molar-refractivity contribution in [3.8, 4) is 0 Å². The van der Waals surface area contributed by atoms with Gasteiger partial charge in [0.05, 0.1) is 37.8 Å². The molecule has 7 heteroatoms. The highest BCUT2D eigenvalue weighted by atomic mass is 16.5. The van der Waals surface area contributed by atoms with E-state index in [1.807, 2.05) is 20.8 Å². The maximum atomic E-state index is 12.2. The van der Waals surface area contributed by atoms with Gasteiger partial charge in [0.1, 0.15) is 0 Å². The monoisotopic (exact) mass is 302 g/mol. The van der Waals surface area contributed by atoms with E-state index >= 15 is 0 Å². The second-order valence-electron chi connectivity index (χ2n) is 5.99. The molecule has 0 spiro atoms. The highest BCUT2D eigenvalue weighted by Gasteiger charge is 2.30. The van der Waals surface area contributed by atoms with Crippen molar-refractivity contribution < 1.29 is 24.5 Å². The predicted molar refractivity (Wildman–Crippen MR) is 77.0 cm³/mol. The van der Waals surface area contributed by atoms with Gasteiger partial charge >= 0.3 is 12.0 Å². The van der Waals surface area contributed by atoms with E-state index in [1.165, 1.54) is 0 Å². The van der Waals surface area contributed by atoms with Crippen molar-refractivity contribution in [1.82, 2.24) is 10.2 Å². The average molecular weight is 302 g/mol. The van der Waals surface area contributed by atoms with Crippen LogP contribution in [0.15, 0.2) is 0 Å². The summed E-state index contributed by atoms with van der Waals surface area (Å²) in [6.45, 7) is 6.41. The minimum atomic E-state index is -0.896. The molecule has 1 rings (SSSR count). The van der Waals surface area contributed by atoms with Crippen LogP contribution < -0.4 is 5.32 Å². The molecule has 0 aromatic heterocycles. The van der Waals surface area contributed by atoms with Gasteiger partial charge < -0.3 is 25.2 Å². The van der Waals surface area contributed by atoms with Crippen LogP contribution in [0.3, 0.4) is 0 Å². The first-order valence-corrected chi connectivity index (χ1v) is 7.34. The quantitative estimate of drug-likeness (QED) is 0.664. The number of aliphatic hydroxyl groups excluding tert-OH is 1.